The third-order valence-corrected chi connectivity index (χ3v) is 2.97. The molecule has 0 amide bonds. The van der Waals surface area contributed by atoms with E-state index in [1.54, 1.807) is 0 Å². The van der Waals surface area contributed by atoms with Crippen LogP contribution >= 0.6 is 0 Å². The summed E-state index contributed by atoms with van der Waals surface area (Å²) in [5.41, 5.74) is 5.80. The second-order valence-electron chi connectivity index (χ2n) is 4.59. The van der Waals surface area contributed by atoms with Crippen molar-refractivity contribution in [3.05, 3.63) is 0 Å². The highest BCUT2D eigenvalue weighted by Crippen LogP contribution is 2.30. The molecular weight excluding hydrogens is 178 g/mol. The lowest BCUT2D eigenvalue weighted by Gasteiger charge is -2.45. The van der Waals surface area contributed by atoms with Crippen molar-refractivity contribution in [2.24, 2.45) is 5.73 Å². The van der Waals surface area contributed by atoms with Crippen LogP contribution in [0.1, 0.15) is 40.5 Å². The zero-order valence-electron chi connectivity index (χ0n) is 9.75. The van der Waals surface area contributed by atoms with Crippen molar-refractivity contribution >= 4 is 0 Å². The summed E-state index contributed by atoms with van der Waals surface area (Å²) in [6, 6.07) is 0.160. The number of nitrogens with two attached hydrogens (primary N) is 1. The Kier molecular flexibility index (Phi) is 3.93. The van der Waals surface area contributed by atoms with Crippen LogP contribution < -0.4 is 5.73 Å². The lowest BCUT2D eigenvalue weighted by atomic mass is 9.85. The van der Waals surface area contributed by atoms with Crippen LogP contribution in [0, 0.1) is 0 Å². The van der Waals surface area contributed by atoms with E-state index >= 15 is 0 Å². The van der Waals surface area contributed by atoms with E-state index in [9.17, 15) is 0 Å². The van der Waals surface area contributed by atoms with Crippen LogP contribution in [0.15, 0.2) is 0 Å². The molecule has 84 valence electrons. The normalized spacial score (nSPS) is 32.8. The van der Waals surface area contributed by atoms with Gasteiger partial charge in [-0.2, -0.15) is 0 Å². The van der Waals surface area contributed by atoms with Crippen molar-refractivity contribution in [2.45, 2.75) is 64.4 Å². The fourth-order valence-corrected chi connectivity index (χ4v) is 1.65. The summed E-state index contributed by atoms with van der Waals surface area (Å²) >= 11 is 0. The molecule has 0 heterocycles. The van der Waals surface area contributed by atoms with Gasteiger partial charge < -0.3 is 15.2 Å². The van der Waals surface area contributed by atoms with Crippen LogP contribution in [-0.2, 0) is 9.47 Å². The van der Waals surface area contributed by atoms with Gasteiger partial charge in [0.1, 0.15) is 0 Å². The summed E-state index contributed by atoms with van der Waals surface area (Å²) in [4.78, 5) is 0. The molecule has 0 aromatic carbocycles. The van der Waals surface area contributed by atoms with Gasteiger partial charge in [-0.15, -0.1) is 0 Å². The van der Waals surface area contributed by atoms with Crippen molar-refractivity contribution in [3.8, 4) is 0 Å². The molecule has 0 bridgehead atoms. The molecule has 1 aliphatic rings. The smallest absolute Gasteiger partial charge is 0.0988 e. The molecule has 1 saturated carbocycles. The molecule has 3 unspecified atom stereocenters. The molecule has 0 spiro atoms. The number of hydrogen-bond acceptors (Lipinski definition) is 3. The third-order valence-electron chi connectivity index (χ3n) is 2.97. The van der Waals surface area contributed by atoms with E-state index in [4.69, 9.17) is 15.2 Å². The Hall–Kier alpha value is -0.120. The molecule has 1 fully saturated rings. The first-order valence-electron chi connectivity index (χ1n) is 5.55. The van der Waals surface area contributed by atoms with Gasteiger partial charge >= 0.3 is 0 Å². The van der Waals surface area contributed by atoms with Crippen LogP contribution in [0.2, 0.25) is 0 Å². The SMILES string of the molecule is CCOC1C(N)CC1OC(C)(C)CC. The van der Waals surface area contributed by atoms with Crippen molar-refractivity contribution in [1.29, 1.82) is 0 Å². The van der Waals surface area contributed by atoms with Gasteiger partial charge in [-0.25, -0.2) is 0 Å². The predicted molar refractivity (Wildman–Crippen MR) is 57.2 cm³/mol. The number of ether oxygens (including phenoxy) is 2. The Bertz CT molecular complexity index is 182. The number of rotatable bonds is 5. The summed E-state index contributed by atoms with van der Waals surface area (Å²) < 4.78 is 11.5. The molecule has 14 heavy (non-hydrogen) atoms. The first kappa shape index (κ1) is 12.0. The molecule has 0 radical (unpaired) electrons. The molecular formula is C11H23NO2. The fourth-order valence-electron chi connectivity index (χ4n) is 1.65. The Morgan fingerprint density at radius 2 is 2.00 bits per heavy atom. The minimum absolute atomic E-state index is 0.0554. The maximum absolute atomic E-state index is 5.95. The van der Waals surface area contributed by atoms with Crippen molar-refractivity contribution in [3.63, 3.8) is 0 Å². The molecule has 0 aromatic rings. The molecule has 1 rings (SSSR count). The minimum Gasteiger partial charge on any atom is -0.374 e. The monoisotopic (exact) mass is 201 g/mol. The summed E-state index contributed by atoms with van der Waals surface area (Å²) in [5.74, 6) is 0. The van der Waals surface area contributed by atoms with Crippen LogP contribution in [0.25, 0.3) is 0 Å². The van der Waals surface area contributed by atoms with E-state index in [1.807, 2.05) is 6.92 Å². The molecule has 3 atom stereocenters. The largest absolute Gasteiger partial charge is 0.374 e. The van der Waals surface area contributed by atoms with E-state index in [0.29, 0.717) is 6.61 Å². The lowest BCUT2D eigenvalue weighted by Crippen LogP contribution is -2.59. The predicted octanol–water partition coefficient (Wildman–Crippen LogP) is 1.70. The average Bonchev–Trinajstić information content (AvgIpc) is 2.13. The molecule has 3 heteroatoms. The van der Waals surface area contributed by atoms with Crippen molar-refractivity contribution in [1.82, 2.24) is 0 Å². The van der Waals surface area contributed by atoms with Crippen molar-refractivity contribution < 1.29 is 9.47 Å². The highest BCUT2D eigenvalue weighted by atomic mass is 16.6. The van der Waals surface area contributed by atoms with E-state index in [-0.39, 0.29) is 23.9 Å². The molecule has 0 aliphatic heterocycles. The summed E-state index contributed by atoms with van der Waals surface area (Å²) in [6.45, 7) is 9.06. The molecule has 0 saturated heterocycles. The van der Waals surface area contributed by atoms with E-state index in [2.05, 4.69) is 20.8 Å². The zero-order valence-corrected chi connectivity index (χ0v) is 9.75. The Labute approximate surface area is 86.9 Å². The van der Waals surface area contributed by atoms with E-state index in [0.717, 1.165) is 12.8 Å². The first-order valence-corrected chi connectivity index (χ1v) is 5.55. The molecule has 0 aromatic heterocycles. The summed E-state index contributed by atoms with van der Waals surface area (Å²) in [7, 11) is 0. The van der Waals surface area contributed by atoms with Crippen LogP contribution in [0.5, 0.6) is 0 Å². The van der Waals surface area contributed by atoms with Gasteiger partial charge in [0.25, 0.3) is 0 Å². The van der Waals surface area contributed by atoms with Crippen LogP contribution in [-0.4, -0.2) is 30.5 Å². The highest BCUT2D eigenvalue weighted by molar-refractivity contribution is 4.96. The molecule has 3 nitrogen and oxygen atoms in total. The number of hydrogen-bond donors (Lipinski definition) is 1. The van der Waals surface area contributed by atoms with Gasteiger partial charge in [-0.05, 0) is 33.6 Å². The van der Waals surface area contributed by atoms with Gasteiger partial charge in [0.15, 0.2) is 0 Å². The molecule has 1 aliphatic carbocycles. The lowest BCUT2D eigenvalue weighted by molar-refractivity contribution is -0.185. The maximum Gasteiger partial charge on any atom is 0.0988 e. The van der Waals surface area contributed by atoms with Gasteiger partial charge in [0.05, 0.1) is 17.8 Å². The average molecular weight is 201 g/mol. The second kappa shape index (κ2) is 4.60. The van der Waals surface area contributed by atoms with Crippen molar-refractivity contribution in [2.75, 3.05) is 6.61 Å². The highest BCUT2D eigenvalue weighted by Gasteiger charge is 2.42. The summed E-state index contributed by atoms with van der Waals surface area (Å²) in [5, 5.41) is 0. The van der Waals surface area contributed by atoms with Crippen LogP contribution in [0.3, 0.4) is 0 Å². The maximum atomic E-state index is 5.95. The van der Waals surface area contributed by atoms with Gasteiger partial charge in [-0.1, -0.05) is 6.92 Å². The third kappa shape index (κ3) is 2.69. The van der Waals surface area contributed by atoms with E-state index in [1.165, 1.54) is 0 Å². The quantitative estimate of drug-likeness (QED) is 0.736. The minimum atomic E-state index is -0.0554. The van der Waals surface area contributed by atoms with Gasteiger partial charge in [0.2, 0.25) is 0 Å². The zero-order chi connectivity index (χ0) is 10.8. The fraction of sp³-hybridized carbons (Fsp3) is 1.00. The Balaban J connectivity index is 2.39. The Morgan fingerprint density at radius 3 is 2.43 bits per heavy atom. The van der Waals surface area contributed by atoms with Gasteiger partial charge in [0, 0.05) is 12.6 Å². The standard InChI is InChI=1S/C11H23NO2/c1-5-11(3,4)14-9-7-8(12)10(9)13-6-2/h8-10H,5-7,12H2,1-4H3. The van der Waals surface area contributed by atoms with E-state index < -0.39 is 0 Å². The van der Waals surface area contributed by atoms with Crippen LogP contribution in [0.4, 0.5) is 0 Å². The first-order chi connectivity index (χ1) is 6.50. The van der Waals surface area contributed by atoms with Gasteiger partial charge in [-0.3, -0.25) is 0 Å². The molecule has 2 N–H and O–H groups in total. The second-order valence-corrected chi connectivity index (χ2v) is 4.59. The Morgan fingerprint density at radius 1 is 1.36 bits per heavy atom. The summed E-state index contributed by atoms with van der Waals surface area (Å²) in [6.07, 6.45) is 2.23. The topological polar surface area (TPSA) is 44.5 Å².